The Morgan fingerprint density at radius 2 is 2.00 bits per heavy atom. The van der Waals surface area contributed by atoms with E-state index < -0.39 is 5.54 Å². The minimum atomic E-state index is -0.418. The Morgan fingerprint density at radius 1 is 1.24 bits per heavy atom. The van der Waals surface area contributed by atoms with Crippen LogP contribution < -0.4 is 10.1 Å². The van der Waals surface area contributed by atoms with Crippen molar-refractivity contribution in [1.29, 1.82) is 0 Å². The SMILES string of the molecule is COC(=O)CC1(NC(=O)[C@@H]2C[C@@]23CCOc2ccccc23)CCCC1. The highest BCUT2D eigenvalue weighted by molar-refractivity contribution is 5.86. The van der Waals surface area contributed by atoms with Gasteiger partial charge in [-0.25, -0.2) is 0 Å². The fourth-order valence-corrected chi connectivity index (χ4v) is 4.80. The van der Waals surface area contributed by atoms with Crippen LogP contribution >= 0.6 is 0 Å². The predicted octanol–water partition coefficient (Wildman–Crippen LogP) is 2.72. The average molecular weight is 343 g/mol. The Labute approximate surface area is 148 Å². The van der Waals surface area contributed by atoms with Gasteiger partial charge >= 0.3 is 5.97 Å². The van der Waals surface area contributed by atoms with E-state index in [0.29, 0.717) is 6.61 Å². The van der Waals surface area contributed by atoms with Gasteiger partial charge < -0.3 is 14.8 Å². The molecule has 0 unspecified atom stereocenters. The summed E-state index contributed by atoms with van der Waals surface area (Å²) >= 11 is 0. The number of methoxy groups -OCH3 is 1. The first-order chi connectivity index (χ1) is 12.1. The number of rotatable bonds is 4. The molecule has 1 spiro atoms. The summed E-state index contributed by atoms with van der Waals surface area (Å²) in [7, 11) is 1.40. The molecule has 5 nitrogen and oxygen atoms in total. The Bertz CT molecular complexity index is 695. The first-order valence-corrected chi connectivity index (χ1v) is 9.20. The number of hydrogen-bond donors (Lipinski definition) is 1. The summed E-state index contributed by atoms with van der Waals surface area (Å²) in [6, 6.07) is 8.05. The lowest BCUT2D eigenvalue weighted by atomic mass is 9.86. The number of amides is 1. The Hall–Kier alpha value is -2.04. The van der Waals surface area contributed by atoms with Crippen LogP contribution in [-0.4, -0.2) is 31.1 Å². The van der Waals surface area contributed by atoms with Gasteiger partial charge in [0.25, 0.3) is 0 Å². The monoisotopic (exact) mass is 343 g/mol. The predicted molar refractivity (Wildman–Crippen MR) is 92.3 cm³/mol. The Morgan fingerprint density at radius 3 is 2.76 bits per heavy atom. The quantitative estimate of drug-likeness (QED) is 0.854. The maximum Gasteiger partial charge on any atom is 0.307 e. The summed E-state index contributed by atoms with van der Waals surface area (Å²) in [5.41, 5.74) is 0.664. The van der Waals surface area contributed by atoms with Crippen molar-refractivity contribution >= 4 is 11.9 Å². The molecule has 1 N–H and O–H groups in total. The zero-order valence-corrected chi connectivity index (χ0v) is 14.7. The number of para-hydroxylation sites is 1. The van der Waals surface area contributed by atoms with Crippen molar-refractivity contribution in [2.45, 2.75) is 55.9 Å². The van der Waals surface area contributed by atoms with Crippen molar-refractivity contribution in [3.8, 4) is 5.75 Å². The van der Waals surface area contributed by atoms with Crippen LogP contribution in [0.5, 0.6) is 5.75 Å². The third-order valence-electron chi connectivity index (χ3n) is 6.28. The van der Waals surface area contributed by atoms with Gasteiger partial charge in [0.1, 0.15) is 5.75 Å². The van der Waals surface area contributed by atoms with E-state index in [0.717, 1.165) is 49.8 Å². The number of carbonyl (C=O) groups is 2. The van der Waals surface area contributed by atoms with Gasteiger partial charge in [-0.3, -0.25) is 9.59 Å². The molecule has 4 rings (SSSR count). The minimum Gasteiger partial charge on any atom is -0.493 e. The van der Waals surface area contributed by atoms with Gasteiger partial charge in [0, 0.05) is 16.9 Å². The number of hydrogen-bond acceptors (Lipinski definition) is 4. The molecule has 0 radical (unpaired) electrons. The van der Waals surface area contributed by atoms with Gasteiger partial charge in [0.15, 0.2) is 0 Å². The fraction of sp³-hybridized carbons (Fsp3) is 0.600. The molecular weight excluding hydrogens is 318 g/mol. The summed E-state index contributed by atoms with van der Waals surface area (Å²) in [4.78, 5) is 24.8. The second kappa shape index (κ2) is 6.04. The van der Waals surface area contributed by atoms with Gasteiger partial charge in [0.05, 0.1) is 25.7 Å². The number of carbonyl (C=O) groups excluding carboxylic acids is 2. The molecule has 0 aromatic heterocycles. The molecule has 0 bridgehead atoms. The molecule has 1 heterocycles. The van der Waals surface area contributed by atoms with Crippen LogP contribution in [0.1, 0.15) is 50.5 Å². The molecule has 2 atom stereocenters. The molecule has 2 fully saturated rings. The summed E-state index contributed by atoms with van der Waals surface area (Å²) < 4.78 is 10.6. The van der Waals surface area contributed by atoms with E-state index >= 15 is 0 Å². The van der Waals surface area contributed by atoms with E-state index in [-0.39, 0.29) is 29.6 Å². The highest BCUT2D eigenvalue weighted by Gasteiger charge is 2.61. The van der Waals surface area contributed by atoms with Crippen LogP contribution in [0.4, 0.5) is 0 Å². The van der Waals surface area contributed by atoms with Crippen LogP contribution in [0.25, 0.3) is 0 Å². The molecule has 1 aromatic rings. The van der Waals surface area contributed by atoms with E-state index in [4.69, 9.17) is 9.47 Å². The van der Waals surface area contributed by atoms with Crippen molar-refractivity contribution in [3.05, 3.63) is 29.8 Å². The van der Waals surface area contributed by atoms with Crippen LogP contribution in [0.2, 0.25) is 0 Å². The highest BCUT2D eigenvalue weighted by Crippen LogP contribution is 2.60. The zero-order valence-electron chi connectivity index (χ0n) is 14.7. The maximum atomic E-state index is 13.0. The average Bonchev–Trinajstić information content (AvgIpc) is 3.16. The second-order valence-electron chi connectivity index (χ2n) is 7.74. The lowest BCUT2D eigenvalue weighted by molar-refractivity contribution is -0.142. The molecule has 1 aromatic carbocycles. The van der Waals surface area contributed by atoms with Crippen LogP contribution in [-0.2, 0) is 19.7 Å². The Kier molecular flexibility index (Phi) is 3.97. The molecule has 1 aliphatic heterocycles. The standard InChI is InChI=1S/C20H25NO4/c1-24-17(22)13-19(8-4-5-9-19)21-18(23)15-12-20(15)10-11-25-16-7-3-2-6-14(16)20/h2-3,6-7,15H,4-5,8-13H2,1H3,(H,21,23)/t15-,20+/m0/s1. The largest absolute Gasteiger partial charge is 0.493 e. The fourth-order valence-electron chi connectivity index (χ4n) is 4.80. The van der Waals surface area contributed by atoms with E-state index in [9.17, 15) is 9.59 Å². The zero-order chi connectivity index (χ0) is 17.5. The molecule has 2 saturated carbocycles. The first kappa shape index (κ1) is 16.4. The van der Waals surface area contributed by atoms with Crippen LogP contribution in [0.15, 0.2) is 24.3 Å². The maximum absolute atomic E-state index is 13.0. The van der Waals surface area contributed by atoms with Crippen molar-refractivity contribution in [3.63, 3.8) is 0 Å². The molecule has 0 saturated heterocycles. The molecular formula is C20H25NO4. The number of ether oxygens (including phenoxy) is 2. The van der Waals surface area contributed by atoms with Crippen molar-refractivity contribution in [1.82, 2.24) is 5.32 Å². The number of esters is 1. The van der Waals surface area contributed by atoms with Gasteiger partial charge in [-0.1, -0.05) is 31.0 Å². The molecule has 25 heavy (non-hydrogen) atoms. The molecule has 2 aliphatic carbocycles. The third kappa shape index (κ3) is 2.79. The third-order valence-corrected chi connectivity index (χ3v) is 6.28. The second-order valence-corrected chi connectivity index (χ2v) is 7.74. The van der Waals surface area contributed by atoms with E-state index in [2.05, 4.69) is 11.4 Å². The van der Waals surface area contributed by atoms with Gasteiger partial charge in [0.2, 0.25) is 5.91 Å². The number of fused-ring (bicyclic) bond motifs is 2. The van der Waals surface area contributed by atoms with Crippen LogP contribution in [0, 0.1) is 5.92 Å². The van der Waals surface area contributed by atoms with Crippen molar-refractivity contribution < 1.29 is 19.1 Å². The topological polar surface area (TPSA) is 64.6 Å². The lowest BCUT2D eigenvalue weighted by Gasteiger charge is -2.31. The first-order valence-electron chi connectivity index (χ1n) is 9.20. The van der Waals surface area contributed by atoms with Crippen LogP contribution in [0.3, 0.4) is 0 Å². The summed E-state index contributed by atoms with van der Waals surface area (Å²) in [6.45, 7) is 0.661. The van der Waals surface area contributed by atoms with Gasteiger partial charge in [-0.15, -0.1) is 0 Å². The summed E-state index contributed by atoms with van der Waals surface area (Å²) in [5.74, 6) is 0.730. The van der Waals surface area contributed by atoms with E-state index in [1.165, 1.54) is 7.11 Å². The van der Waals surface area contributed by atoms with E-state index in [1.807, 2.05) is 18.2 Å². The highest BCUT2D eigenvalue weighted by atomic mass is 16.5. The normalized spacial score (nSPS) is 28.8. The lowest BCUT2D eigenvalue weighted by Crippen LogP contribution is -2.49. The number of benzene rings is 1. The molecule has 5 heteroatoms. The summed E-state index contributed by atoms with van der Waals surface area (Å²) in [6.07, 6.45) is 5.82. The molecule has 1 amide bonds. The van der Waals surface area contributed by atoms with Gasteiger partial charge in [-0.05, 0) is 31.7 Å². The van der Waals surface area contributed by atoms with Crippen molar-refractivity contribution in [2.75, 3.05) is 13.7 Å². The number of nitrogens with one attached hydrogen (secondary N) is 1. The van der Waals surface area contributed by atoms with Gasteiger partial charge in [-0.2, -0.15) is 0 Å². The Balaban J connectivity index is 1.51. The smallest absolute Gasteiger partial charge is 0.307 e. The minimum absolute atomic E-state index is 0.0207. The van der Waals surface area contributed by atoms with Crippen molar-refractivity contribution in [2.24, 2.45) is 5.92 Å². The molecule has 134 valence electrons. The van der Waals surface area contributed by atoms with E-state index in [1.54, 1.807) is 0 Å². The summed E-state index contributed by atoms with van der Waals surface area (Å²) in [5, 5.41) is 3.24. The molecule has 3 aliphatic rings.